The molecule has 2 aromatic rings. The van der Waals surface area contributed by atoms with Crippen molar-refractivity contribution in [3.05, 3.63) is 75.3 Å². The molecule has 5 nitrogen and oxygen atoms in total. The molecule has 33 heavy (non-hydrogen) atoms. The number of hydroxylamine groups is 1. The first kappa shape index (κ1) is 23.7. The molecular formula is C22H19Cl2F4N3O2. The van der Waals surface area contributed by atoms with Gasteiger partial charge in [0.1, 0.15) is 5.67 Å². The number of benzene rings is 2. The van der Waals surface area contributed by atoms with Crippen LogP contribution in [0.25, 0.3) is 5.70 Å². The van der Waals surface area contributed by atoms with E-state index in [0.717, 1.165) is 23.8 Å². The van der Waals surface area contributed by atoms with Gasteiger partial charge in [-0.3, -0.25) is 10.3 Å². The Morgan fingerprint density at radius 1 is 1.12 bits per heavy atom. The molecule has 2 amide bonds. The Labute approximate surface area is 197 Å². The number of urea groups is 1. The largest absolute Gasteiger partial charge is 0.428 e. The zero-order valence-corrected chi connectivity index (χ0v) is 18.6. The van der Waals surface area contributed by atoms with Crippen LogP contribution in [0.4, 0.5) is 22.4 Å². The minimum atomic E-state index is -4.80. The number of nitrogens with zero attached hydrogens (tertiary/aromatic N) is 1. The molecule has 0 aromatic heterocycles. The van der Waals surface area contributed by atoms with Gasteiger partial charge in [-0.15, -0.1) is 0 Å². The third-order valence-electron chi connectivity index (χ3n) is 5.77. The molecule has 0 spiro atoms. The number of halogens is 6. The predicted octanol–water partition coefficient (Wildman–Crippen LogP) is 5.36. The normalized spacial score (nSPS) is 21.9. The smallest absolute Gasteiger partial charge is 0.351 e. The van der Waals surface area contributed by atoms with Gasteiger partial charge in [0, 0.05) is 15.6 Å². The molecule has 1 atom stereocenters. The van der Waals surface area contributed by atoms with Gasteiger partial charge in [0.05, 0.1) is 18.8 Å². The van der Waals surface area contributed by atoms with Crippen molar-refractivity contribution >= 4 is 34.9 Å². The molecule has 1 fully saturated rings. The Kier molecular flexibility index (Phi) is 6.01. The van der Waals surface area contributed by atoms with Gasteiger partial charge in [0.25, 0.3) is 0 Å². The van der Waals surface area contributed by atoms with Gasteiger partial charge in [-0.05, 0) is 48.2 Å². The number of nitrogens with two attached hydrogens (primary N) is 1. The predicted molar refractivity (Wildman–Crippen MR) is 116 cm³/mol. The highest BCUT2D eigenvalue weighted by Gasteiger charge is 2.59. The second-order valence-corrected chi connectivity index (χ2v) is 9.07. The van der Waals surface area contributed by atoms with E-state index in [4.69, 9.17) is 33.8 Å². The summed E-state index contributed by atoms with van der Waals surface area (Å²) in [7, 11) is 0. The molecule has 176 valence electrons. The molecule has 0 saturated carbocycles. The molecule has 4 rings (SSSR count). The number of carbonyl (C=O) groups excluding carboxylic acids is 1. The van der Waals surface area contributed by atoms with Crippen molar-refractivity contribution in [2.24, 2.45) is 5.73 Å². The van der Waals surface area contributed by atoms with Crippen molar-refractivity contribution < 1.29 is 27.2 Å². The molecular weight excluding hydrogens is 485 g/mol. The van der Waals surface area contributed by atoms with Gasteiger partial charge < -0.3 is 10.6 Å². The highest BCUT2D eigenvalue weighted by Crippen LogP contribution is 2.48. The summed E-state index contributed by atoms with van der Waals surface area (Å²) in [4.78, 5) is 17.3. The molecule has 0 radical (unpaired) electrons. The van der Waals surface area contributed by atoms with Crippen LogP contribution < -0.4 is 11.2 Å². The van der Waals surface area contributed by atoms with Crippen molar-refractivity contribution in [2.45, 2.75) is 30.3 Å². The highest BCUT2D eigenvalue weighted by atomic mass is 35.5. The number of likely N-dealkylation sites (tertiary alicyclic amines) is 1. The second-order valence-electron chi connectivity index (χ2n) is 8.20. The second kappa shape index (κ2) is 8.38. The van der Waals surface area contributed by atoms with E-state index in [2.05, 4.69) is 5.48 Å². The van der Waals surface area contributed by atoms with Crippen LogP contribution in [0, 0.1) is 0 Å². The van der Waals surface area contributed by atoms with Gasteiger partial charge in [0.15, 0.2) is 0 Å². The average molecular weight is 504 g/mol. The Morgan fingerprint density at radius 2 is 1.73 bits per heavy atom. The van der Waals surface area contributed by atoms with E-state index in [0.29, 0.717) is 12.0 Å². The van der Waals surface area contributed by atoms with Crippen molar-refractivity contribution in [1.29, 1.82) is 0 Å². The fourth-order valence-electron chi connectivity index (χ4n) is 3.92. The SMILES string of the molecule is NC(=O)N1CC(F)(CCc2ccc(C3=CC(c4cc(Cl)cc(Cl)c4)(C(F)(F)F)ON3)cc2)C1. The first-order valence-corrected chi connectivity index (χ1v) is 10.7. The highest BCUT2D eigenvalue weighted by molar-refractivity contribution is 6.34. The summed E-state index contributed by atoms with van der Waals surface area (Å²) in [5.41, 5.74) is 4.34. The van der Waals surface area contributed by atoms with Gasteiger partial charge in [-0.25, -0.2) is 9.18 Å². The number of nitrogens with one attached hydrogen (secondary N) is 1. The van der Waals surface area contributed by atoms with Crippen molar-refractivity contribution in [3.8, 4) is 0 Å². The number of alkyl halides is 4. The van der Waals surface area contributed by atoms with Crippen LogP contribution in [0.1, 0.15) is 23.1 Å². The summed E-state index contributed by atoms with van der Waals surface area (Å²) in [6.45, 7) is -0.0801. The number of hydrogen-bond acceptors (Lipinski definition) is 3. The van der Waals surface area contributed by atoms with Crippen molar-refractivity contribution in [1.82, 2.24) is 10.4 Å². The van der Waals surface area contributed by atoms with Gasteiger partial charge in [-0.2, -0.15) is 13.2 Å². The Morgan fingerprint density at radius 3 is 2.27 bits per heavy atom. The Balaban J connectivity index is 1.51. The lowest BCUT2D eigenvalue weighted by atomic mass is 9.89. The number of hydrogen-bond donors (Lipinski definition) is 2. The monoisotopic (exact) mass is 503 g/mol. The zero-order chi connectivity index (χ0) is 24.0. The van der Waals surface area contributed by atoms with Crippen molar-refractivity contribution in [3.63, 3.8) is 0 Å². The lowest BCUT2D eigenvalue weighted by Gasteiger charge is -2.43. The maximum atomic E-state index is 14.5. The van der Waals surface area contributed by atoms with E-state index in [9.17, 15) is 22.4 Å². The molecule has 0 aliphatic carbocycles. The van der Waals surface area contributed by atoms with E-state index in [1.54, 1.807) is 24.3 Å². The molecule has 2 aromatic carbocycles. The number of amides is 2. The fraction of sp³-hybridized carbons (Fsp3) is 0.318. The first-order chi connectivity index (χ1) is 15.4. The first-order valence-electron chi connectivity index (χ1n) is 9.94. The van der Waals surface area contributed by atoms with E-state index in [-0.39, 0.29) is 40.8 Å². The fourth-order valence-corrected chi connectivity index (χ4v) is 4.45. The van der Waals surface area contributed by atoms with E-state index in [1.807, 2.05) is 0 Å². The van der Waals surface area contributed by atoms with E-state index < -0.39 is 23.5 Å². The number of primary amides is 1. The lowest BCUT2D eigenvalue weighted by Crippen LogP contribution is -2.62. The molecule has 2 aliphatic heterocycles. The van der Waals surface area contributed by atoms with Crippen LogP contribution in [0.5, 0.6) is 0 Å². The average Bonchev–Trinajstić information content (AvgIpc) is 3.17. The minimum Gasteiger partial charge on any atom is -0.351 e. The van der Waals surface area contributed by atoms with E-state index >= 15 is 0 Å². The number of aryl methyl sites for hydroxylation is 1. The summed E-state index contributed by atoms with van der Waals surface area (Å²) in [5.74, 6) is 0. The minimum absolute atomic E-state index is 0.0401. The summed E-state index contributed by atoms with van der Waals surface area (Å²) in [5, 5.41) is 0.0962. The lowest BCUT2D eigenvalue weighted by molar-refractivity contribution is -0.269. The van der Waals surface area contributed by atoms with Crippen molar-refractivity contribution in [2.75, 3.05) is 13.1 Å². The molecule has 3 N–H and O–H groups in total. The standard InChI is InChI=1S/C22H19Cl2F4N3O2/c23-16-7-15(8-17(24)9-16)21(22(26,27)28)10-18(30-33-21)14-3-1-13(2-4-14)5-6-20(25)11-31(12-20)19(29)32/h1-4,7-10,30H,5-6,11-12H2,(H2,29,32). The molecule has 1 saturated heterocycles. The molecule has 2 heterocycles. The molecule has 2 aliphatic rings. The summed E-state index contributed by atoms with van der Waals surface area (Å²) >= 11 is 11.8. The van der Waals surface area contributed by atoms with E-state index in [1.165, 1.54) is 11.0 Å². The van der Waals surface area contributed by atoms with Crippen LogP contribution in [0.2, 0.25) is 10.0 Å². The molecule has 11 heteroatoms. The number of rotatable bonds is 5. The van der Waals surface area contributed by atoms with Crippen LogP contribution >= 0.6 is 23.2 Å². The van der Waals surface area contributed by atoms with Crippen LogP contribution in [0.15, 0.2) is 48.5 Å². The Bertz CT molecular complexity index is 1080. The summed E-state index contributed by atoms with van der Waals surface area (Å²) in [6.07, 6.45) is -3.26. The molecule has 1 unspecified atom stereocenters. The van der Waals surface area contributed by atoms with Gasteiger partial charge in [0.2, 0.25) is 5.60 Å². The topological polar surface area (TPSA) is 67.6 Å². The van der Waals surface area contributed by atoms with Crippen LogP contribution in [-0.2, 0) is 16.9 Å². The number of carbonyl (C=O) groups is 1. The summed E-state index contributed by atoms with van der Waals surface area (Å²) < 4.78 is 56.8. The Hall–Kier alpha value is -2.49. The van der Waals surface area contributed by atoms with Gasteiger partial charge >= 0.3 is 12.2 Å². The summed E-state index contributed by atoms with van der Waals surface area (Å²) in [6, 6.07) is 9.63. The molecule has 0 bridgehead atoms. The maximum Gasteiger partial charge on any atom is 0.428 e. The van der Waals surface area contributed by atoms with Crippen LogP contribution in [-0.4, -0.2) is 35.9 Å². The third-order valence-corrected chi connectivity index (χ3v) is 6.21. The zero-order valence-electron chi connectivity index (χ0n) is 17.1. The van der Waals surface area contributed by atoms with Crippen LogP contribution in [0.3, 0.4) is 0 Å². The van der Waals surface area contributed by atoms with Gasteiger partial charge in [-0.1, -0.05) is 47.5 Å². The maximum absolute atomic E-state index is 14.5. The quantitative estimate of drug-likeness (QED) is 0.539. The third kappa shape index (κ3) is 4.62.